The van der Waals surface area contributed by atoms with E-state index in [1.807, 2.05) is 0 Å². The Bertz CT molecular complexity index is 356. The van der Waals surface area contributed by atoms with Crippen LogP contribution in [0.25, 0.3) is 0 Å². The summed E-state index contributed by atoms with van der Waals surface area (Å²) in [5, 5.41) is 0. The highest BCUT2D eigenvalue weighted by molar-refractivity contribution is 6.18. The molecule has 0 N–H and O–H groups in total. The van der Waals surface area contributed by atoms with E-state index in [1.54, 1.807) is 7.11 Å². The van der Waals surface area contributed by atoms with Crippen LogP contribution < -0.4 is 0 Å². The number of rotatable bonds is 7. The first-order chi connectivity index (χ1) is 8.58. The van der Waals surface area contributed by atoms with E-state index in [-0.39, 0.29) is 0 Å². The molecule has 3 heteroatoms. The predicted molar refractivity (Wildman–Crippen MR) is 78.5 cm³/mol. The molecule has 0 unspecified atom stereocenters. The van der Waals surface area contributed by atoms with Gasteiger partial charge in [0.25, 0.3) is 0 Å². The fourth-order valence-electron chi connectivity index (χ4n) is 2.29. The first kappa shape index (κ1) is 15.5. The lowest BCUT2D eigenvalue weighted by Crippen LogP contribution is -2.29. The van der Waals surface area contributed by atoms with E-state index in [0.717, 1.165) is 26.2 Å². The Morgan fingerprint density at radius 3 is 2.22 bits per heavy atom. The zero-order valence-corrected chi connectivity index (χ0v) is 12.7. The quantitative estimate of drug-likeness (QED) is 0.705. The van der Waals surface area contributed by atoms with Gasteiger partial charge in [0.2, 0.25) is 0 Å². The van der Waals surface area contributed by atoms with Gasteiger partial charge in [0.05, 0.1) is 6.61 Å². The second-order valence-electron chi connectivity index (χ2n) is 4.84. The van der Waals surface area contributed by atoms with Crippen LogP contribution in [-0.2, 0) is 11.3 Å². The average molecular weight is 270 g/mol. The first-order valence-corrected chi connectivity index (χ1v) is 6.96. The van der Waals surface area contributed by atoms with Gasteiger partial charge < -0.3 is 4.74 Å². The maximum absolute atomic E-state index is 5.86. The summed E-state index contributed by atoms with van der Waals surface area (Å²) in [4.78, 5) is 2.35. The number of halogens is 1. The van der Waals surface area contributed by atoms with Gasteiger partial charge in [-0.25, -0.2) is 0 Å². The molecule has 0 aliphatic carbocycles. The topological polar surface area (TPSA) is 12.5 Å². The van der Waals surface area contributed by atoms with Gasteiger partial charge in [0, 0.05) is 32.6 Å². The monoisotopic (exact) mass is 269 g/mol. The molecule has 0 spiro atoms. The fraction of sp³-hybridized carbons (Fsp3) is 0.600. The number of hydrogen-bond donors (Lipinski definition) is 0. The summed E-state index contributed by atoms with van der Waals surface area (Å²) in [6.07, 6.45) is 0. The minimum absolute atomic E-state index is 0.660. The minimum Gasteiger partial charge on any atom is -0.383 e. The first-order valence-electron chi connectivity index (χ1n) is 6.42. The number of alkyl halides is 1. The van der Waals surface area contributed by atoms with Crippen LogP contribution in [0.15, 0.2) is 12.1 Å². The summed E-state index contributed by atoms with van der Waals surface area (Å²) in [5.74, 6) is 0.660. The number of ether oxygens (including phenoxy) is 1. The number of benzene rings is 1. The Hall–Kier alpha value is -0.570. The maximum atomic E-state index is 5.86. The number of nitrogens with zero attached hydrogens (tertiary/aromatic N) is 1. The third-order valence-electron chi connectivity index (χ3n) is 3.23. The molecule has 0 radical (unpaired) electrons. The zero-order valence-electron chi connectivity index (χ0n) is 11.9. The van der Waals surface area contributed by atoms with Crippen LogP contribution in [0.3, 0.4) is 0 Å². The summed E-state index contributed by atoms with van der Waals surface area (Å²) in [6.45, 7) is 10.0. The van der Waals surface area contributed by atoms with E-state index >= 15 is 0 Å². The molecule has 0 aliphatic rings. The van der Waals surface area contributed by atoms with Crippen LogP contribution in [0.4, 0.5) is 0 Å². The molecular weight excluding hydrogens is 246 g/mol. The van der Waals surface area contributed by atoms with Gasteiger partial charge in [-0.3, -0.25) is 4.90 Å². The average Bonchev–Trinajstić information content (AvgIpc) is 2.30. The largest absolute Gasteiger partial charge is 0.383 e. The van der Waals surface area contributed by atoms with Crippen LogP contribution in [0.2, 0.25) is 0 Å². The van der Waals surface area contributed by atoms with Crippen LogP contribution in [0.5, 0.6) is 0 Å². The third kappa shape index (κ3) is 4.60. The highest BCUT2D eigenvalue weighted by Gasteiger charge is 2.10. The van der Waals surface area contributed by atoms with E-state index in [1.165, 1.54) is 22.3 Å². The fourth-order valence-corrected chi connectivity index (χ4v) is 2.53. The second kappa shape index (κ2) is 7.78. The van der Waals surface area contributed by atoms with Crippen molar-refractivity contribution in [3.05, 3.63) is 34.4 Å². The van der Waals surface area contributed by atoms with Crippen LogP contribution >= 0.6 is 11.6 Å². The summed E-state index contributed by atoms with van der Waals surface area (Å²) >= 11 is 5.86. The Balaban J connectivity index is 2.79. The number of methoxy groups -OCH3 is 1. The van der Waals surface area contributed by atoms with Gasteiger partial charge in [-0.2, -0.15) is 0 Å². The van der Waals surface area contributed by atoms with Crippen molar-refractivity contribution < 1.29 is 4.74 Å². The van der Waals surface area contributed by atoms with Crippen molar-refractivity contribution in [1.29, 1.82) is 0 Å². The van der Waals surface area contributed by atoms with Crippen molar-refractivity contribution in [1.82, 2.24) is 4.90 Å². The molecule has 18 heavy (non-hydrogen) atoms. The van der Waals surface area contributed by atoms with Crippen LogP contribution in [0, 0.1) is 20.8 Å². The molecule has 0 bridgehead atoms. The predicted octanol–water partition coefficient (Wildman–Crippen LogP) is 3.30. The maximum Gasteiger partial charge on any atom is 0.0589 e. The molecule has 102 valence electrons. The van der Waals surface area contributed by atoms with Crippen molar-refractivity contribution in [2.75, 3.05) is 32.7 Å². The molecule has 1 rings (SSSR count). The molecule has 0 fully saturated rings. The molecule has 0 atom stereocenters. The summed E-state index contributed by atoms with van der Waals surface area (Å²) < 4.78 is 5.15. The molecule has 0 aliphatic heterocycles. The second-order valence-corrected chi connectivity index (χ2v) is 5.21. The van der Waals surface area contributed by atoms with E-state index in [2.05, 4.69) is 37.8 Å². The molecule has 1 aromatic carbocycles. The van der Waals surface area contributed by atoms with Crippen LogP contribution in [0.1, 0.15) is 22.3 Å². The van der Waals surface area contributed by atoms with E-state index in [4.69, 9.17) is 16.3 Å². The van der Waals surface area contributed by atoms with E-state index < -0.39 is 0 Å². The standard InChI is InChI=1S/C15H24ClNO/c1-12-9-13(2)15(14(3)10-12)11-17(6-5-16)7-8-18-4/h9-10H,5-8,11H2,1-4H3. The van der Waals surface area contributed by atoms with Crippen molar-refractivity contribution in [3.8, 4) is 0 Å². The van der Waals surface area contributed by atoms with Crippen molar-refractivity contribution in [2.45, 2.75) is 27.3 Å². The van der Waals surface area contributed by atoms with Gasteiger partial charge in [-0.15, -0.1) is 11.6 Å². The normalized spacial score (nSPS) is 11.2. The Kier molecular flexibility index (Phi) is 6.69. The smallest absolute Gasteiger partial charge is 0.0589 e. The third-order valence-corrected chi connectivity index (χ3v) is 3.40. The van der Waals surface area contributed by atoms with Crippen molar-refractivity contribution in [3.63, 3.8) is 0 Å². The Morgan fingerprint density at radius 1 is 1.11 bits per heavy atom. The molecule has 0 saturated heterocycles. The number of hydrogen-bond acceptors (Lipinski definition) is 2. The Labute approximate surface area is 116 Å². The van der Waals surface area contributed by atoms with Gasteiger partial charge in [-0.1, -0.05) is 17.7 Å². The van der Waals surface area contributed by atoms with E-state index in [9.17, 15) is 0 Å². The molecular formula is C15H24ClNO. The Morgan fingerprint density at radius 2 is 1.72 bits per heavy atom. The lowest BCUT2D eigenvalue weighted by molar-refractivity contribution is 0.147. The highest BCUT2D eigenvalue weighted by atomic mass is 35.5. The van der Waals surface area contributed by atoms with Gasteiger partial charge >= 0.3 is 0 Å². The minimum atomic E-state index is 0.660. The number of aryl methyl sites for hydroxylation is 3. The zero-order chi connectivity index (χ0) is 13.5. The molecule has 1 aromatic rings. The lowest BCUT2D eigenvalue weighted by atomic mass is 9.99. The summed E-state index contributed by atoms with van der Waals surface area (Å²) in [6, 6.07) is 4.50. The van der Waals surface area contributed by atoms with E-state index in [0.29, 0.717) is 5.88 Å². The van der Waals surface area contributed by atoms with Gasteiger partial charge in [0.1, 0.15) is 0 Å². The van der Waals surface area contributed by atoms with Crippen molar-refractivity contribution >= 4 is 11.6 Å². The summed E-state index contributed by atoms with van der Waals surface area (Å²) in [5.41, 5.74) is 5.48. The molecule has 2 nitrogen and oxygen atoms in total. The molecule has 0 amide bonds. The molecule has 0 heterocycles. The SMILES string of the molecule is COCCN(CCCl)Cc1c(C)cc(C)cc1C. The molecule has 0 saturated carbocycles. The summed E-state index contributed by atoms with van der Waals surface area (Å²) in [7, 11) is 1.74. The lowest BCUT2D eigenvalue weighted by Gasteiger charge is -2.23. The van der Waals surface area contributed by atoms with Gasteiger partial charge in [0.15, 0.2) is 0 Å². The van der Waals surface area contributed by atoms with Crippen LogP contribution in [-0.4, -0.2) is 37.6 Å². The van der Waals surface area contributed by atoms with Gasteiger partial charge in [-0.05, 0) is 37.5 Å². The molecule has 0 aromatic heterocycles. The van der Waals surface area contributed by atoms with Crippen molar-refractivity contribution in [2.24, 2.45) is 0 Å². The highest BCUT2D eigenvalue weighted by Crippen LogP contribution is 2.18.